The molecular formula is C28H37ClN4O3. The number of nitrogens with one attached hydrogen (secondary N) is 3. The first kappa shape index (κ1) is 26.2. The third-order valence-electron chi connectivity index (χ3n) is 7.73. The zero-order valence-electron chi connectivity index (χ0n) is 21.1. The van der Waals surface area contributed by atoms with Crippen molar-refractivity contribution < 1.29 is 14.3 Å². The van der Waals surface area contributed by atoms with Gasteiger partial charge in [-0.1, -0.05) is 50.1 Å². The number of carbonyl (C=O) groups is 1. The fourth-order valence-corrected chi connectivity index (χ4v) is 5.89. The topological polar surface area (TPSA) is 95.4 Å². The SMILES string of the molecule is COc1ccc(C#N)c(Cl)c1.O=C(NC1CCCCC1)C1=CC=C(OC2CC3(CCCCC3)C2)NN1. The summed E-state index contributed by atoms with van der Waals surface area (Å²) in [5.74, 6) is 1.36. The van der Waals surface area contributed by atoms with E-state index in [1.54, 1.807) is 25.3 Å². The van der Waals surface area contributed by atoms with E-state index in [2.05, 4.69) is 16.2 Å². The van der Waals surface area contributed by atoms with Crippen molar-refractivity contribution in [3.05, 3.63) is 52.5 Å². The van der Waals surface area contributed by atoms with E-state index in [9.17, 15) is 4.79 Å². The van der Waals surface area contributed by atoms with Gasteiger partial charge in [-0.15, -0.1) is 0 Å². The van der Waals surface area contributed by atoms with Gasteiger partial charge < -0.3 is 14.8 Å². The second kappa shape index (κ2) is 12.4. The van der Waals surface area contributed by atoms with Crippen molar-refractivity contribution >= 4 is 17.5 Å². The van der Waals surface area contributed by atoms with Crippen molar-refractivity contribution in [1.29, 1.82) is 5.26 Å². The molecule has 0 saturated heterocycles. The van der Waals surface area contributed by atoms with Gasteiger partial charge in [0.05, 0.1) is 17.7 Å². The number of rotatable bonds is 5. The van der Waals surface area contributed by atoms with Crippen LogP contribution in [-0.4, -0.2) is 25.2 Å². The molecular weight excluding hydrogens is 476 g/mol. The Morgan fingerprint density at radius 2 is 1.81 bits per heavy atom. The largest absolute Gasteiger partial charge is 0.497 e. The number of halogens is 1. The first-order valence-corrected chi connectivity index (χ1v) is 13.5. The summed E-state index contributed by atoms with van der Waals surface area (Å²) in [6.45, 7) is 0. The number of carbonyl (C=O) groups excluding carboxylic acids is 1. The lowest BCUT2D eigenvalue weighted by atomic mass is 9.59. The molecule has 0 atom stereocenters. The third-order valence-corrected chi connectivity index (χ3v) is 8.05. The van der Waals surface area contributed by atoms with Crippen LogP contribution in [0.5, 0.6) is 5.75 Å². The van der Waals surface area contributed by atoms with Crippen LogP contribution in [-0.2, 0) is 9.53 Å². The molecule has 1 spiro atoms. The molecule has 1 heterocycles. The summed E-state index contributed by atoms with van der Waals surface area (Å²) in [6, 6.07) is 7.22. The average Bonchev–Trinajstić information content (AvgIpc) is 2.89. The highest BCUT2D eigenvalue weighted by Gasteiger charge is 2.46. The van der Waals surface area contributed by atoms with Crippen LogP contribution < -0.4 is 20.9 Å². The second-order valence-electron chi connectivity index (χ2n) is 10.3. The van der Waals surface area contributed by atoms with Crippen molar-refractivity contribution in [1.82, 2.24) is 16.2 Å². The Morgan fingerprint density at radius 1 is 1.08 bits per heavy atom. The fourth-order valence-electron chi connectivity index (χ4n) is 5.68. The van der Waals surface area contributed by atoms with E-state index in [0.29, 0.717) is 39.6 Å². The van der Waals surface area contributed by atoms with E-state index >= 15 is 0 Å². The maximum atomic E-state index is 12.3. The Bertz CT molecular complexity index is 1010. The van der Waals surface area contributed by atoms with E-state index in [0.717, 1.165) is 18.7 Å². The van der Waals surface area contributed by atoms with Gasteiger partial charge in [0.2, 0.25) is 5.88 Å². The van der Waals surface area contributed by atoms with Crippen LogP contribution in [0.4, 0.5) is 0 Å². The van der Waals surface area contributed by atoms with Crippen molar-refractivity contribution in [3.8, 4) is 11.8 Å². The van der Waals surface area contributed by atoms with Crippen LogP contribution >= 0.6 is 11.6 Å². The quantitative estimate of drug-likeness (QED) is 0.474. The van der Waals surface area contributed by atoms with Gasteiger partial charge in [0.25, 0.3) is 5.91 Å². The Balaban J connectivity index is 0.000000233. The molecule has 1 aliphatic heterocycles. The lowest BCUT2D eigenvalue weighted by Crippen LogP contribution is -2.47. The van der Waals surface area contributed by atoms with Gasteiger partial charge in [0.15, 0.2) is 0 Å². The number of nitriles is 1. The highest BCUT2D eigenvalue weighted by molar-refractivity contribution is 6.31. The third kappa shape index (κ3) is 6.88. The minimum atomic E-state index is -0.0282. The number of hydrogen-bond acceptors (Lipinski definition) is 6. The highest BCUT2D eigenvalue weighted by Crippen LogP contribution is 2.53. The molecule has 194 valence electrons. The summed E-state index contributed by atoms with van der Waals surface area (Å²) >= 11 is 5.71. The van der Waals surface area contributed by atoms with E-state index in [4.69, 9.17) is 26.3 Å². The number of allylic oxidation sites excluding steroid dienone is 2. The van der Waals surface area contributed by atoms with Crippen LogP contribution in [0.2, 0.25) is 5.02 Å². The Hall–Kier alpha value is -2.85. The molecule has 1 aromatic carbocycles. The van der Waals surface area contributed by atoms with Crippen molar-refractivity contribution in [2.75, 3.05) is 7.11 Å². The summed E-state index contributed by atoms with van der Waals surface area (Å²) in [7, 11) is 1.55. The maximum Gasteiger partial charge on any atom is 0.269 e. The summed E-state index contributed by atoms with van der Waals surface area (Å²) < 4.78 is 10.9. The number of ether oxygens (including phenoxy) is 2. The number of hydrogen-bond donors (Lipinski definition) is 3. The van der Waals surface area contributed by atoms with Crippen molar-refractivity contribution in [3.63, 3.8) is 0 Å². The molecule has 3 aliphatic carbocycles. The summed E-state index contributed by atoms with van der Waals surface area (Å²) in [4.78, 5) is 12.3. The molecule has 36 heavy (non-hydrogen) atoms. The molecule has 0 aromatic heterocycles. The predicted octanol–water partition coefficient (Wildman–Crippen LogP) is 5.62. The molecule has 5 rings (SSSR count). The summed E-state index contributed by atoms with van der Waals surface area (Å²) in [6.07, 6.45) is 19.2. The normalized spacial score (nSPS) is 21.1. The van der Waals surface area contributed by atoms with Gasteiger partial charge in [-0.25, -0.2) is 0 Å². The molecule has 0 bridgehead atoms. The molecule has 3 fully saturated rings. The average molecular weight is 513 g/mol. The van der Waals surface area contributed by atoms with Crippen LogP contribution in [0.3, 0.4) is 0 Å². The molecule has 4 aliphatic rings. The number of nitrogens with zero attached hydrogens (tertiary/aromatic N) is 1. The molecule has 8 heteroatoms. The molecule has 0 unspecified atom stereocenters. The van der Waals surface area contributed by atoms with Crippen LogP contribution in [0.15, 0.2) is 41.9 Å². The second-order valence-corrected chi connectivity index (χ2v) is 10.7. The lowest BCUT2D eigenvalue weighted by Gasteiger charge is -2.50. The molecule has 7 nitrogen and oxygen atoms in total. The number of hydrazine groups is 1. The smallest absolute Gasteiger partial charge is 0.269 e. The summed E-state index contributed by atoms with van der Waals surface area (Å²) in [5, 5.41) is 12.1. The Kier molecular flexibility index (Phi) is 9.03. The number of amides is 1. The Labute approximate surface area is 219 Å². The monoisotopic (exact) mass is 512 g/mol. The van der Waals surface area contributed by atoms with Crippen LogP contribution in [0.1, 0.15) is 82.6 Å². The minimum Gasteiger partial charge on any atom is -0.497 e. The van der Waals surface area contributed by atoms with Gasteiger partial charge in [-0.05, 0) is 62.1 Å². The predicted molar refractivity (Wildman–Crippen MR) is 140 cm³/mol. The van der Waals surface area contributed by atoms with Gasteiger partial charge in [0.1, 0.15) is 23.6 Å². The van der Waals surface area contributed by atoms with Gasteiger partial charge in [0, 0.05) is 18.2 Å². The first-order valence-electron chi connectivity index (χ1n) is 13.2. The van der Waals surface area contributed by atoms with E-state index < -0.39 is 0 Å². The summed E-state index contributed by atoms with van der Waals surface area (Å²) in [5.41, 5.74) is 7.63. The zero-order valence-corrected chi connectivity index (χ0v) is 21.8. The lowest BCUT2D eigenvalue weighted by molar-refractivity contribution is -0.119. The molecule has 1 aromatic rings. The van der Waals surface area contributed by atoms with Crippen LogP contribution in [0, 0.1) is 16.7 Å². The maximum absolute atomic E-state index is 12.3. The Morgan fingerprint density at radius 3 is 2.42 bits per heavy atom. The molecule has 1 amide bonds. The fraction of sp³-hybridized carbons (Fsp3) is 0.571. The number of benzene rings is 1. The van der Waals surface area contributed by atoms with Gasteiger partial charge >= 0.3 is 0 Å². The van der Waals surface area contributed by atoms with E-state index in [-0.39, 0.29) is 5.91 Å². The first-order chi connectivity index (χ1) is 17.5. The standard InChI is InChI=1S/C20H31N3O2.C8H6ClNO/c24-19(21-15-7-3-1-4-8-15)17-9-10-18(23-22-17)25-16-13-20(14-16)11-5-2-6-12-20;1-11-7-3-2-6(5-10)8(9)4-7/h9-10,15-16,22-23H,1-8,11-14H2,(H,21,24);2-4H,1H3. The van der Waals surface area contributed by atoms with E-state index in [1.807, 2.05) is 18.2 Å². The molecule has 3 N–H and O–H groups in total. The highest BCUT2D eigenvalue weighted by atomic mass is 35.5. The minimum absolute atomic E-state index is 0.0282. The van der Waals surface area contributed by atoms with Gasteiger partial charge in [-0.3, -0.25) is 15.6 Å². The van der Waals surface area contributed by atoms with Crippen molar-refractivity contribution in [2.45, 2.75) is 89.2 Å². The van der Waals surface area contributed by atoms with Crippen molar-refractivity contribution in [2.24, 2.45) is 5.41 Å². The molecule has 0 radical (unpaired) electrons. The zero-order chi connectivity index (χ0) is 25.4. The molecule has 3 saturated carbocycles. The van der Waals surface area contributed by atoms with Crippen LogP contribution in [0.25, 0.3) is 0 Å². The van der Waals surface area contributed by atoms with E-state index in [1.165, 1.54) is 64.2 Å². The number of methoxy groups -OCH3 is 1. The van der Waals surface area contributed by atoms with Gasteiger partial charge in [-0.2, -0.15) is 5.26 Å².